The van der Waals surface area contributed by atoms with Crippen molar-refractivity contribution in [1.82, 2.24) is 15.1 Å². The smallest absolute Gasteiger partial charge is 0.312 e. The number of nitrogens with zero attached hydrogens (tertiary/aromatic N) is 2. The summed E-state index contributed by atoms with van der Waals surface area (Å²) in [7, 11) is 0. The fraction of sp³-hybridized carbons (Fsp3) is 0.800. The molecule has 1 aromatic rings. The second-order valence-electron chi connectivity index (χ2n) is 6.28. The van der Waals surface area contributed by atoms with Gasteiger partial charge in [0.05, 0.1) is 6.04 Å². The van der Waals surface area contributed by atoms with Crippen LogP contribution < -0.4 is 5.32 Å². The highest BCUT2D eigenvalue weighted by Crippen LogP contribution is 2.37. The molecule has 1 aromatic heterocycles. The van der Waals surface area contributed by atoms with E-state index in [0.29, 0.717) is 11.8 Å². The van der Waals surface area contributed by atoms with E-state index in [-0.39, 0.29) is 12.1 Å². The Balaban J connectivity index is 2.22. The largest absolute Gasteiger partial charge is 0.435 e. The molecule has 1 aliphatic rings. The molecule has 0 radical (unpaired) electrons. The SMILES string of the molecule is CCCNC1CC(C)CC(C)C1n1ccc(C(F)(F)F)n1. The fourth-order valence-corrected chi connectivity index (χ4v) is 3.47. The van der Waals surface area contributed by atoms with Gasteiger partial charge in [0.2, 0.25) is 0 Å². The van der Waals surface area contributed by atoms with Crippen LogP contribution in [0.1, 0.15) is 51.8 Å². The number of aromatic nitrogens is 2. The van der Waals surface area contributed by atoms with Gasteiger partial charge >= 0.3 is 6.18 Å². The van der Waals surface area contributed by atoms with Gasteiger partial charge in [-0.2, -0.15) is 18.3 Å². The first-order chi connectivity index (χ1) is 9.82. The quantitative estimate of drug-likeness (QED) is 0.915. The van der Waals surface area contributed by atoms with Crippen LogP contribution in [0.5, 0.6) is 0 Å². The lowest BCUT2D eigenvalue weighted by Gasteiger charge is -2.40. The second-order valence-corrected chi connectivity index (χ2v) is 6.28. The molecule has 4 unspecified atom stereocenters. The molecule has 3 nitrogen and oxygen atoms in total. The first kappa shape index (κ1) is 16.3. The fourth-order valence-electron chi connectivity index (χ4n) is 3.47. The van der Waals surface area contributed by atoms with E-state index in [1.165, 1.54) is 10.9 Å². The van der Waals surface area contributed by atoms with E-state index in [1.807, 2.05) is 0 Å². The van der Waals surface area contributed by atoms with E-state index in [9.17, 15) is 13.2 Å². The first-order valence-corrected chi connectivity index (χ1v) is 7.68. The van der Waals surface area contributed by atoms with Crippen LogP contribution in [0.3, 0.4) is 0 Å². The Morgan fingerprint density at radius 2 is 2.05 bits per heavy atom. The molecule has 4 atom stereocenters. The molecular weight excluding hydrogens is 279 g/mol. The van der Waals surface area contributed by atoms with Crippen LogP contribution in [0.2, 0.25) is 0 Å². The van der Waals surface area contributed by atoms with Gasteiger partial charge in [-0.3, -0.25) is 4.68 Å². The van der Waals surface area contributed by atoms with Crippen LogP contribution in [0.25, 0.3) is 0 Å². The molecule has 0 aliphatic heterocycles. The van der Waals surface area contributed by atoms with Crippen LogP contribution in [-0.4, -0.2) is 22.4 Å². The lowest BCUT2D eigenvalue weighted by molar-refractivity contribution is -0.141. The maximum atomic E-state index is 12.7. The number of halogens is 3. The lowest BCUT2D eigenvalue weighted by Crippen LogP contribution is -2.45. The third-order valence-electron chi connectivity index (χ3n) is 4.29. The van der Waals surface area contributed by atoms with Gasteiger partial charge in [-0.1, -0.05) is 20.8 Å². The minimum absolute atomic E-state index is 0.0103. The normalized spacial score (nSPS) is 30.6. The zero-order valence-corrected chi connectivity index (χ0v) is 12.8. The maximum absolute atomic E-state index is 12.7. The number of rotatable bonds is 4. The summed E-state index contributed by atoms with van der Waals surface area (Å²) in [5.74, 6) is 0.896. The van der Waals surface area contributed by atoms with Gasteiger partial charge in [0.25, 0.3) is 0 Å². The standard InChI is InChI=1S/C15H24F3N3/c1-4-6-19-12-9-10(2)8-11(3)14(12)21-7-5-13(20-21)15(16,17)18/h5,7,10-12,14,19H,4,6,8-9H2,1-3H3. The van der Waals surface area contributed by atoms with Gasteiger partial charge in [-0.15, -0.1) is 0 Å². The molecule has 120 valence electrons. The molecule has 1 N–H and O–H groups in total. The molecule has 0 amide bonds. The number of alkyl halides is 3. The van der Waals surface area contributed by atoms with E-state index in [2.05, 4.69) is 31.2 Å². The summed E-state index contributed by atoms with van der Waals surface area (Å²) >= 11 is 0. The van der Waals surface area contributed by atoms with Crippen LogP contribution in [0.15, 0.2) is 12.3 Å². The zero-order chi connectivity index (χ0) is 15.6. The average Bonchev–Trinajstić information content (AvgIpc) is 2.84. The summed E-state index contributed by atoms with van der Waals surface area (Å²) in [5.41, 5.74) is -0.803. The van der Waals surface area contributed by atoms with Crippen molar-refractivity contribution in [3.63, 3.8) is 0 Å². The van der Waals surface area contributed by atoms with Crippen molar-refractivity contribution in [1.29, 1.82) is 0 Å². The average molecular weight is 303 g/mol. The van der Waals surface area contributed by atoms with Crippen molar-refractivity contribution in [3.8, 4) is 0 Å². The molecule has 6 heteroatoms. The van der Waals surface area contributed by atoms with Crippen molar-refractivity contribution in [3.05, 3.63) is 18.0 Å². The molecule has 0 aromatic carbocycles. The Kier molecular flexibility index (Phi) is 4.96. The van der Waals surface area contributed by atoms with Crippen molar-refractivity contribution < 1.29 is 13.2 Å². The molecule has 1 saturated carbocycles. The molecule has 0 spiro atoms. The minimum atomic E-state index is -4.37. The Morgan fingerprint density at radius 3 is 2.62 bits per heavy atom. The molecule has 21 heavy (non-hydrogen) atoms. The number of hydrogen-bond acceptors (Lipinski definition) is 2. The topological polar surface area (TPSA) is 29.9 Å². The number of nitrogens with one attached hydrogen (secondary N) is 1. The minimum Gasteiger partial charge on any atom is -0.312 e. The van der Waals surface area contributed by atoms with Crippen molar-refractivity contribution in [2.45, 2.75) is 58.3 Å². The molecule has 0 saturated heterocycles. The van der Waals surface area contributed by atoms with E-state index in [4.69, 9.17) is 0 Å². The van der Waals surface area contributed by atoms with Crippen molar-refractivity contribution in [2.75, 3.05) is 6.54 Å². The molecular formula is C15H24F3N3. The number of hydrogen-bond donors (Lipinski definition) is 1. The van der Waals surface area contributed by atoms with Gasteiger partial charge < -0.3 is 5.32 Å². The predicted octanol–water partition coefficient (Wildman–Crippen LogP) is 3.88. The second kappa shape index (κ2) is 6.38. The summed E-state index contributed by atoms with van der Waals surface area (Å²) in [6.07, 6.45) is 0.120. The zero-order valence-electron chi connectivity index (χ0n) is 12.8. The van der Waals surface area contributed by atoms with Crippen LogP contribution in [0.4, 0.5) is 13.2 Å². The van der Waals surface area contributed by atoms with E-state index >= 15 is 0 Å². The Hall–Kier alpha value is -1.04. The van der Waals surface area contributed by atoms with Crippen molar-refractivity contribution >= 4 is 0 Å². The predicted molar refractivity (Wildman–Crippen MR) is 75.9 cm³/mol. The van der Waals surface area contributed by atoms with E-state index < -0.39 is 11.9 Å². The van der Waals surface area contributed by atoms with Gasteiger partial charge in [0.1, 0.15) is 0 Å². The van der Waals surface area contributed by atoms with Gasteiger partial charge in [0, 0.05) is 12.2 Å². The van der Waals surface area contributed by atoms with E-state index in [1.54, 1.807) is 0 Å². The Morgan fingerprint density at radius 1 is 1.33 bits per heavy atom. The molecule has 2 rings (SSSR count). The summed E-state index contributed by atoms with van der Waals surface area (Å²) in [6.45, 7) is 7.29. The highest BCUT2D eigenvalue weighted by Gasteiger charge is 2.38. The third-order valence-corrected chi connectivity index (χ3v) is 4.29. The van der Waals surface area contributed by atoms with Gasteiger partial charge in [-0.25, -0.2) is 0 Å². The van der Waals surface area contributed by atoms with Crippen LogP contribution in [-0.2, 0) is 6.18 Å². The Labute approximate surface area is 123 Å². The first-order valence-electron chi connectivity index (χ1n) is 7.68. The highest BCUT2D eigenvalue weighted by atomic mass is 19.4. The van der Waals surface area contributed by atoms with Crippen LogP contribution in [0, 0.1) is 11.8 Å². The molecule has 0 bridgehead atoms. The maximum Gasteiger partial charge on any atom is 0.435 e. The van der Waals surface area contributed by atoms with Crippen molar-refractivity contribution in [2.24, 2.45) is 11.8 Å². The third kappa shape index (κ3) is 3.78. The highest BCUT2D eigenvalue weighted by molar-refractivity contribution is 5.05. The molecule has 1 aliphatic carbocycles. The summed E-state index contributed by atoms with van der Waals surface area (Å²) in [5, 5.41) is 7.28. The molecule has 1 heterocycles. The summed E-state index contributed by atoms with van der Waals surface area (Å²) < 4.78 is 39.7. The van der Waals surface area contributed by atoms with E-state index in [0.717, 1.165) is 31.9 Å². The van der Waals surface area contributed by atoms with Gasteiger partial charge in [0.15, 0.2) is 5.69 Å². The van der Waals surface area contributed by atoms with Crippen LogP contribution >= 0.6 is 0 Å². The lowest BCUT2D eigenvalue weighted by atomic mass is 9.76. The van der Waals surface area contributed by atoms with Gasteiger partial charge in [-0.05, 0) is 43.7 Å². The summed E-state index contributed by atoms with van der Waals surface area (Å²) in [4.78, 5) is 0. The Bertz CT molecular complexity index is 455. The monoisotopic (exact) mass is 303 g/mol. The molecule has 1 fully saturated rings. The summed E-state index contributed by atoms with van der Waals surface area (Å²) in [6, 6.07) is 1.25.